The van der Waals surface area contributed by atoms with Crippen LogP contribution in [-0.2, 0) is 22.6 Å². The van der Waals surface area contributed by atoms with E-state index in [1.165, 1.54) is 18.2 Å². The molecule has 3 rings (SSSR count). The molecule has 0 spiro atoms. The molecule has 118 valence electrons. The van der Waals surface area contributed by atoms with Crippen molar-refractivity contribution in [2.75, 3.05) is 39.9 Å². The molecule has 1 N–H and O–H groups in total. The van der Waals surface area contributed by atoms with Gasteiger partial charge in [0.15, 0.2) is 0 Å². The predicted octanol–water partition coefficient (Wildman–Crippen LogP) is 0.221. The van der Waals surface area contributed by atoms with E-state index in [-0.39, 0.29) is 18.4 Å². The summed E-state index contributed by atoms with van der Waals surface area (Å²) in [4.78, 5) is 27.9. The molecular formula is C16H21N3O3. The van der Waals surface area contributed by atoms with E-state index in [4.69, 9.17) is 4.74 Å². The van der Waals surface area contributed by atoms with E-state index >= 15 is 0 Å². The minimum absolute atomic E-state index is 0.0156. The molecule has 1 saturated heterocycles. The molecule has 2 amide bonds. The van der Waals surface area contributed by atoms with Crippen molar-refractivity contribution in [2.24, 2.45) is 0 Å². The maximum absolute atomic E-state index is 12.6. The molecule has 0 unspecified atom stereocenters. The average Bonchev–Trinajstić information content (AvgIpc) is 3.02. The molecule has 1 aromatic rings. The van der Waals surface area contributed by atoms with E-state index in [0.29, 0.717) is 26.2 Å². The van der Waals surface area contributed by atoms with Crippen molar-refractivity contribution in [1.29, 1.82) is 0 Å². The van der Waals surface area contributed by atoms with Gasteiger partial charge in [-0.15, -0.1) is 0 Å². The Morgan fingerprint density at radius 3 is 2.50 bits per heavy atom. The van der Waals surface area contributed by atoms with E-state index in [0.717, 1.165) is 18.7 Å². The summed E-state index contributed by atoms with van der Waals surface area (Å²) in [6, 6.07) is 5.91. The first-order valence-electron chi connectivity index (χ1n) is 7.57. The highest BCUT2D eigenvalue weighted by atomic mass is 16.5. The highest BCUT2D eigenvalue weighted by molar-refractivity contribution is 5.94. The van der Waals surface area contributed by atoms with Crippen LogP contribution in [0.3, 0.4) is 0 Å². The second-order valence-electron chi connectivity index (χ2n) is 5.69. The standard InChI is InChI=1S/C16H21N3O3/c1-22-11-15(20)18-4-6-19(7-5-18)16(21)12-2-3-13-9-17-10-14(13)8-12/h2-3,8,17H,4-7,9-11H2,1H3. The second-order valence-corrected chi connectivity index (χ2v) is 5.69. The smallest absolute Gasteiger partial charge is 0.253 e. The quantitative estimate of drug-likeness (QED) is 0.868. The number of piperazine rings is 1. The summed E-state index contributed by atoms with van der Waals surface area (Å²) < 4.78 is 4.87. The average molecular weight is 303 g/mol. The van der Waals surface area contributed by atoms with Gasteiger partial charge in [0.25, 0.3) is 5.91 Å². The van der Waals surface area contributed by atoms with E-state index < -0.39 is 0 Å². The van der Waals surface area contributed by atoms with E-state index in [1.807, 2.05) is 23.1 Å². The van der Waals surface area contributed by atoms with Gasteiger partial charge in [-0.05, 0) is 23.3 Å². The molecule has 0 aromatic heterocycles. The van der Waals surface area contributed by atoms with Gasteiger partial charge in [0, 0.05) is 51.9 Å². The van der Waals surface area contributed by atoms with Crippen LogP contribution >= 0.6 is 0 Å². The lowest BCUT2D eigenvalue weighted by Gasteiger charge is -2.34. The molecule has 6 nitrogen and oxygen atoms in total. The number of methoxy groups -OCH3 is 1. The third-order valence-corrected chi connectivity index (χ3v) is 4.27. The zero-order valence-electron chi connectivity index (χ0n) is 12.8. The van der Waals surface area contributed by atoms with Crippen molar-refractivity contribution in [3.05, 3.63) is 34.9 Å². The Kier molecular flexibility index (Phi) is 4.40. The van der Waals surface area contributed by atoms with Gasteiger partial charge >= 0.3 is 0 Å². The topological polar surface area (TPSA) is 61.9 Å². The molecule has 2 heterocycles. The number of hydrogen-bond donors (Lipinski definition) is 1. The van der Waals surface area contributed by atoms with Gasteiger partial charge in [0.2, 0.25) is 5.91 Å². The van der Waals surface area contributed by atoms with Crippen LogP contribution in [0.4, 0.5) is 0 Å². The summed E-state index contributed by atoms with van der Waals surface area (Å²) in [5.41, 5.74) is 3.21. The Hall–Kier alpha value is -1.92. The maximum Gasteiger partial charge on any atom is 0.253 e. The fraction of sp³-hybridized carbons (Fsp3) is 0.500. The highest BCUT2D eigenvalue weighted by Crippen LogP contribution is 2.18. The monoisotopic (exact) mass is 303 g/mol. The third-order valence-electron chi connectivity index (χ3n) is 4.27. The first-order chi connectivity index (χ1) is 10.7. The van der Waals surface area contributed by atoms with Crippen molar-refractivity contribution in [2.45, 2.75) is 13.1 Å². The fourth-order valence-electron chi connectivity index (χ4n) is 2.98. The Labute approximate surface area is 130 Å². The van der Waals surface area contributed by atoms with Crippen LogP contribution in [0.1, 0.15) is 21.5 Å². The molecule has 0 saturated carbocycles. The van der Waals surface area contributed by atoms with Gasteiger partial charge in [-0.3, -0.25) is 9.59 Å². The van der Waals surface area contributed by atoms with Gasteiger partial charge in [-0.25, -0.2) is 0 Å². The van der Waals surface area contributed by atoms with Crippen molar-refractivity contribution < 1.29 is 14.3 Å². The molecule has 0 atom stereocenters. The van der Waals surface area contributed by atoms with Gasteiger partial charge in [-0.2, -0.15) is 0 Å². The largest absolute Gasteiger partial charge is 0.375 e. The van der Waals surface area contributed by atoms with Crippen LogP contribution in [0, 0.1) is 0 Å². The summed E-state index contributed by atoms with van der Waals surface area (Å²) in [6.07, 6.45) is 0. The van der Waals surface area contributed by atoms with E-state index in [2.05, 4.69) is 5.32 Å². The summed E-state index contributed by atoms with van der Waals surface area (Å²) in [7, 11) is 1.51. The van der Waals surface area contributed by atoms with Crippen LogP contribution < -0.4 is 5.32 Å². The van der Waals surface area contributed by atoms with Crippen molar-refractivity contribution in [3.63, 3.8) is 0 Å². The number of carbonyl (C=O) groups is 2. The fourth-order valence-corrected chi connectivity index (χ4v) is 2.98. The lowest BCUT2D eigenvalue weighted by molar-refractivity contribution is -0.136. The molecule has 0 radical (unpaired) electrons. The number of nitrogens with one attached hydrogen (secondary N) is 1. The predicted molar refractivity (Wildman–Crippen MR) is 81.3 cm³/mol. The molecule has 0 aliphatic carbocycles. The van der Waals surface area contributed by atoms with Gasteiger partial charge in [-0.1, -0.05) is 6.07 Å². The van der Waals surface area contributed by atoms with Crippen LogP contribution in [0.15, 0.2) is 18.2 Å². The zero-order chi connectivity index (χ0) is 15.5. The molecule has 22 heavy (non-hydrogen) atoms. The van der Waals surface area contributed by atoms with Crippen LogP contribution in [0.25, 0.3) is 0 Å². The van der Waals surface area contributed by atoms with Crippen LogP contribution in [0.5, 0.6) is 0 Å². The number of hydrogen-bond acceptors (Lipinski definition) is 4. The Bertz CT molecular complexity index is 580. The summed E-state index contributed by atoms with van der Waals surface area (Å²) in [6.45, 7) is 4.10. The summed E-state index contributed by atoms with van der Waals surface area (Å²) in [5, 5.41) is 3.28. The lowest BCUT2D eigenvalue weighted by atomic mass is 10.1. The van der Waals surface area contributed by atoms with Crippen LogP contribution in [0.2, 0.25) is 0 Å². The van der Waals surface area contributed by atoms with Gasteiger partial charge in [0.1, 0.15) is 6.61 Å². The van der Waals surface area contributed by atoms with E-state index in [1.54, 1.807) is 4.90 Å². The number of nitrogens with zero attached hydrogens (tertiary/aromatic N) is 2. The SMILES string of the molecule is COCC(=O)N1CCN(C(=O)c2ccc3c(c2)CNC3)CC1. The van der Waals surface area contributed by atoms with Crippen LogP contribution in [-0.4, -0.2) is 61.5 Å². The van der Waals surface area contributed by atoms with Crippen molar-refractivity contribution >= 4 is 11.8 Å². The first kappa shape index (κ1) is 15.0. The third kappa shape index (κ3) is 2.98. The van der Waals surface area contributed by atoms with Gasteiger partial charge in [0.05, 0.1) is 0 Å². The van der Waals surface area contributed by atoms with Crippen molar-refractivity contribution in [1.82, 2.24) is 15.1 Å². The minimum Gasteiger partial charge on any atom is -0.375 e. The van der Waals surface area contributed by atoms with Crippen molar-refractivity contribution in [3.8, 4) is 0 Å². The Morgan fingerprint density at radius 1 is 1.09 bits per heavy atom. The molecule has 2 aliphatic heterocycles. The number of benzene rings is 1. The summed E-state index contributed by atoms with van der Waals surface area (Å²) >= 11 is 0. The number of amides is 2. The van der Waals surface area contributed by atoms with Gasteiger partial charge < -0.3 is 19.9 Å². The molecule has 0 bridgehead atoms. The molecule has 2 aliphatic rings. The number of ether oxygens (including phenoxy) is 1. The second kappa shape index (κ2) is 6.46. The molecule has 1 fully saturated rings. The highest BCUT2D eigenvalue weighted by Gasteiger charge is 2.25. The van der Waals surface area contributed by atoms with E-state index in [9.17, 15) is 9.59 Å². The number of fused-ring (bicyclic) bond motifs is 1. The lowest BCUT2D eigenvalue weighted by Crippen LogP contribution is -2.51. The molecular weight excluding hydrogens is 282 g/mol. The minimum atomic E-state index is -0.0156. The normalized spacial score (nSPS) is 17.5. The Balaban J connectivity index is 1.61. The Morgan fingerprint density at radius 2 is 1.77 bits per heavy atom. The number of rotatable bonds is 3. The number of carbonyl (C=O) groups excluding carboxylic acids is 2. The molecule has 1 aromatic carbocycles. The zero-order valence-corrected chi connectivity index (χ0v) is 12.8. The molecule has 6 heteroatoms. The maximum atomic E-state index is 12.6. The summed E-state index contributed by atoms with van der Waals surface area (Å²) in [5.74, 6) is 0.0340. The first-order valence-corrected chi connectivity index (χ1v) is 7.57.